The average Bonchev–Trinajstić information content (AvgIpc) is 2.57. The molecule has 0 bridgehead atoms. The zero-order valence-electron chi connectivity index (χ0n) is 7.99. The maximum Gasteiger partial charge on any atom is 0.0825 e. The summed E-state index contributed by atoms with van der Waals surface area (Å²) in [5, 5.41) is 8.96. The van der Waals surface area contributed by atoms with Crippen molar-refractivity contribution in [1.29, 1.82) is 0 Å². The first-order valence-corrected chi connectivity index (χ1v) is 5.08. The van der Waals surface area contributed by atoms with Crippen LogP contribution in [-0.4, -0.2) is 23.3 Å². The fraction of sp³-hybridized carbons (Fsp3) is 0.667. The van der Waals surface area contributed by atoms with Gasteiger partial charge in [0.2, 0.25) is 0 Å². The Morgan fingerprint density at radius 3 is 2.92 bits per heavy atom. The van der Waals surface area contributed by atoms with Crippen LogP contribution in [0.25, 0.3) is 0 Å². The van der Waals surface area contributed by atoms with E-state index < -0.39 is 0 Å². The van der Waals surface area contributed by atoms with Crippen molar-refractivity contribution in [3.8, 4) is 0 Å². The molecule has 0 spiro atoms. The molecule has 0 aromatic carbocycles. The van der Waals surface area contributed by atoms with Gasteiger partial charge < -0.3 is 9.84 Å². The predicted octanol–water partition coefficient (Wildman–Crippen LogP) is 1.68. The lowest BCUT2D eigenvalue weighted by molar-refractivity contribution is 0.0207. The normalized spacial score (nSPS) is 11.9. The Kier molecular flexibility index (Phi) is 3.84. The van der Waals surface area contributed by atoms with Crippen molar-refractivity contribution in [2.75, 3.05) is 13.2 Å². The maximum absolute atomic E-state index is 8.96. The minimum absolute atomic E-state index is 0.148. The molecular formula is C9H15NO2S. The van der Waals surface area contributed by atoms with Gasteiger partial charge in [-0.2, -0.15) is 0 Å². The minimum Gasteiger partial charge on any atom is -0.396 e. The maximum atomic E-state index is 8.96. The summed E-state index contributed by atoms with van der Waals surface area (Å²) < 4.78 is 5.44. The van der Waals surface area contributed by atoms with Gasteiger partial charge in [0, 0.05) is 11.6 Å². The minimum atomic E-state index is -0.148. The van der Waals surface area contributed by atoms with E-state index in [0.29, 0.717) is 13.2 Å². The Morgan fingerprint density at radius 2 is 2.38 bits per heavy atom. The standard InChI is InChI=1S/C9H15NO2S/c1-9(2,5-11)6-12-4-8-3-10-7-13-8/h3,7,11H,4-6H2,1-2H3. The van der Waals surface area contributed by atoms with Crippen LogP contribution in [0.2, 0.25) is 0 Å². The number of aliphatic hydroxyl groups is 1. The predicted molar refractivity (Wildman–Crippen MR) is 52.6 cm³/mol. The summed E-state index contributed by atoms with van der Waals surface area (Å²) in [5.74, 6) is 0. The van der Waals surface area contributed by atoms with Gasteiger partial charge in [0.25, 0.3) is 0 Å². The van der Waals surface area contributed by atoms with Crippen LogP contribution in [0.4, 0.5) is 0 Å². The number of hydrogen-bond donors (Lipinski definition) is 1. The molecule has 1 aromatic rings. The SMILES string of the molecule is CC(C)(CO)COCc1cncs1. The van der Waals surface area contributed by atoms with Crippen molar-refractivity contribution in [3.63, 3.8) is 0 Å². The highest BCUT2D eigenvalue weighted by atomic mass is 32.1. The van der Waals surface area contributed by atoms with Crippen LogP contribution in [0.1, 0.15) is 18.7 Å². The van der Waals surface area contributed by atoms with E-state index >= 15 is 0 Å². The highest BCUT2D eigenvalue weighted by molar-refractivity contribution is 7.09. The van der Waals surface area contributed by atoms with Crippen molar-refractivity contribution in [3.05, 3.63) is 16.6 Å². The number of ether oxygens (including phenoxy) is 1. The second-order valence-corrected chi connectivity index (χ2v) is 4.75. The van der Waals surface area contributed by atoms with Crippen LogP contribution >= 0.6 is 11.3 Å². The monoisotopic (exact) mass is 201 g/mol. The fourth-order valence-corrected chi connectivity index (χ4v) is 1.32. The Labute approximate surface area is 82.4 Å². The van der Waals surface area contributed by atoms with E-state index in [-0.39, 0.29) is 12.0 Å². The quantitative estimate of drug-likeness (QED) is 0.788. The van der Waals surface area contributed by atoms with E-state index in [1.807, 2.05) is 13.8 Å². The molecule has 1 N–H and O–H groups in total. The molecule has 1 rings (SSSR count). The molecule has 0 saturated carbocycles. The number of nitrogens with zero attached hydrogens (tertiary/aromatic N) is 1. The second kappa shape index (κ2) is 4.69. The zero-order chi connectivity index (χ0) is 9.73. The third kappa shape index (κ3) is 3.85. The van der Waals surface area contributed by atoms with Gasteiger partial charge >= 0.3 is 0 Å². The lowest BCUT2D eigenvalue weighted by atomic mass is 9.97. The van der Waals surface area contributed by atoms with E-state index in [2.05, 4.69) is 4.98 Å². The van der Waals surface area contributed by atoms with Crippen molar-refractivity contribution < 1.29 is 9.84 Å². The second-order valence-electron chi connectivity index (χ2n) is 3.78. The van der Waals surface area contributed by atoms with Gasteiger partial charge in [-0.1, -0.05) is 13.8 Å². The number of hydrogen-bond acceptors (Lipinski definition) is 4. The third-order valence-electron chi connectivity index (χ3n) is 1.65. The van der Waals surface area contributed by atoms with Crippen molar-refractivity contribution in [1.82, 2.24) is 4.98 Å². The van der Waals surface area contributed by atoms with Gasteiger partial charge in [0.1, 0.15) is 0 Å². The fourth-order valence-electron chi connectivity index (χ4n) is 0.787. The van der Waals surface area contributed by atoms with Crippen LogP contribution in [-0.2, 0) is 11.3 Å². The molecule has 4 heteroatoms. The molecule has 0 aliphatic carbocycles. The molecule has 3 nitrogen and oxygen atoms in total. The molecule has 0 saturated heterocycles. The topological polar surface area (TPSA) is 42.4 Å². The zero-order valence-corrected chi connectivity index (χ0v) is 8.80. The van der Waals surface area contributed by atoms with E-state index in [4.69, 9.17) is 9.84 Å². The average molecular weight is 201 g/mol. The van der Waals surface area contributed by atoms with E-state index in [9.17, 15) is 0 Å². The molecule has 0 atom stereocenters. The van der Waals surface area contributed by atoms with Crippen LogP contribution in [0.15, 0.2) is 11.7 Å². The largest absolute Gasteiger partial charge is 0.396 e. The molecule has 0 radical (unpaired) electrons. The molecule has 0 aliphatic rings. The summed E-state index contributed by atoms with van der Waals surface area (Å²) in [5.41, 5.74) is 1.64. The number of aromatic nitrogens is 1. The number of thiazole rings is 1. The molecule has 1 heterocycles. The van der Waals surface area contributed by atoms with Crippen molar-refractivity contribution in [2.24, 2.45) is 5.41 Å². The van der Waals surface area contributed by atoms with Gasteiger partial charge in [-0.15, -0.1) is 11.3 Å². The van der Waals surface area contributed by atoms with Crippen LogP contribution < -0.4 is 0 Å². The van der Waals surface area contributed by atoms with Gasteiger partial charge in [0.05, 0.1) is 30.2 Å². The Hall–Kier alpha value is -0.450. The van der Waals surface area contributed by atoms with Gasteiger partial charge in [-0.3, -0.25) is 4.98 Å². The Balaban J connectivity index is 2.21. The van der Waals surface area contributed by atoms with E-state index in [1.165, 1.54) is 0 Å². The van der Waals surface area contributed by atoms with Crippen LogP contribution in [0.3, 0.4) is 0 Å². The van der Waals surface area contributed by atoms with E-state index in [1.54, 1.807) is 23.0 Å². The first kappa shape index (κ1) is 10.6. The first-order valence-electron chi connectivity index (χ1n) is 4.20. The lowest BCUT2D eigenvalue weighted by Gasteiger charge is -2.20. The van der Waals surface area contributed by atoms with Crippen molar-refractivity contribution in [2.45, 2.75) is 20.5 Å². The number of rotatable bonds is 5. The Bertz CT molecular complexity index is 234. The van der Waals surface area contributed by atoms with Crippen LogP contribution in [0, 0.1) is 5.41 Å². The highest BCUT2D eigenvalue weighted by Gasteiger charge is 2.16. The van der Waals surface area contributed by atoms with Crippen LogP contribution in [0.5, 0.6) is 0 Å². The van der Waals surface area contributed by atoms with Gasteiger partial charge in [0.15, 0.2) is 0 Å². The summed E-state index contributed by atoms with van der Waals surface area (Å²) in [6.45, 7) is 5.25. The molecule has 74 valence electrons. The molecule has 1 aromatic heterocycles. The summed E-state index contributed by atoms with van der Waals surface area (Å²) in [6.07, 6.45) is 1.80. The molecule has 0 unspecified atom stereocenters. The lowest BCUT2D eigenvalue weighted by Crippen LogP contribution is -2.23. The smallest absolute Gasteiger partial charge is 0.0825 e. The Morgan fingerprint density at radius 1 is 1.62 bits per heavy atom. The molecule has 0 aliphatic heterocycles. The first-order chi connectivity index (χ1) is 6.14. The molecule has 0 amide bonds. The molecular weight excluding hydrogens is 186 g/mol. The van der Waals surface area contributed by atoms with Crippen molar-refractivity contribution >= 4 is 11.3 Å². The van der Waals surface area contributed by atoms with Gasteiger partial charge in [-0.05, 0) is 0 Å². The molecule has 0 fully saturated rings. The highest BCUT2D eigenvalue weighted by Crippen LogP contribution is 2.15. The third-order valence-corrected chi connectivity index (χ3v) is 2.40. The molecule has 13 heavy (non-hydrogen) atoms. The van der Waals surface area contributed by atoms with Gasteiger partial charge in [-0.25, -0.2) is 0 Å². The van der Waals surface area contributed by atoms with E-state index in [0.717, 1.165) is 4.88 Å². The summed E-state index contributed by atoms with van der Waals surface area (Å²) in [4.78, 5) is 5.07. The number of aliphatic hydroxyl groups excluding tert-OH is 1. The summed E-state index contributed by atoms with van der Waals surface area (Å²) >= 11 is 1.58. The summed E-state index contributed by atoms with van der Waals surface area (Å²) in [6, 6.07) is 0. The summed E-state index contributed by atoms with van der Waals surface area (Å²) in [7, 11) is 0.